The summed E-state index contributed by atoms with van der Waals surface area (Å²) in [5.74, 6) is 0.0337. The fraction of sp³-hybridized carbons (Fsp3) is 0.579. The second-order valence-corrected chi connectivity index (χ2v) is 6.27. The number of piperidine rings is 1. The number of ether oxygens (including phenoxy) is 1. The summed E-state index contributed by atoms with van der Waals surface area (Å²) in [6.07, 6.45) is 1.20. The number of hydrogen-bond acceptors (Lipinski definition) is 4. The lowest BCUT2D eigenvalue weighted by molar-refractivity contribution is -0.127. The van der Waals surface area contributed by atoms with Gasteiger partial charge in [0.2, 0.25) is 5.91 Å². The molecule has 0 aromatic heterocycles. The van der Waals surface area contributed by atoms with Crippen molar-refractivity contribution < 1.29 is 14.3 Å². The van der Waals surface area contributed by atoms with E-state index in [1.807, 2.05) is 30.3 Å². The highest BCUT2D eigenvalue weighted by molar-refractivity contribution is 5.83. The van der Waals surface area contributed by atoms with Crippen molar-refractivity contribution in [1.82, 2.24) is 15.1 Å². The normalized spacial score (nSPS) is 16.6. The lowest BCUT2D eigenvalue weighted by atomic mass is 10.0. The fourth-order valence-corrected chi connectivity index (χ4v) is 3.37. The highest BCUT2D eigenvalue weighted by atomic mass is 16.5. The maximum Gasteiger partial charge on any atom is 0.409 e. The quantitative estimate of drug-likeness (QED) is 0.858. The van der Waals surface area contributed by atoms with Gasteiger partial charge < -0.3 is 15.0 Å². The molecule has 1 aromatic carbocycles. The number of nitrogens with zero attached hydrogens (tertiary/aromatic N) is 2. The summed E-state index contributed by atoms with van der Waals surface area (Å²) in [6, 6.07) is 9.71. The highest BCUT2D eigenvalue weighted by Gasteiger charge is 2.29. The SMILES string of the molecule is CCN(CC)[C@@H](C(=O)NC1CCN(C(=O)OC)CC1)c1ccccc1. The van der Waals surface area contributed by atoms with E-state index < -0.39 is 0 Å². The Morgan fingerprint density at radius 2 is 1.80 bits per heavy atom. The van der Waals surface area contributed by atoms with Crippen LogP contribution in [0, 0.1) is 0 Å². The van der Waals surface area contributed by atoms with E-state index in [9.17, 15) is 9.59 Å². The Bertz CT molecular complexity index is 552. The number of carbonyl (C=O) groups is 2. The number of benzene rings is 1. The first-order chi connectivity index (χ1) is 12.1. The zero-order valence-corrected chi connectivity index (χ0v) is 15.4. The van der Waals surface area contributed by atoms with Crippen molar-refractivity contribution in [2.45, 2.75) is 38.8 Å². The predicted molar refractivity (Wildman–Crippen MR) is 97.2 cm³/mol. The molecule has 0 saturated carbocycles. The van der Waals surface area contributed by atoms with Crippen LogP contribution in [-0.2, 0) is 9.53 Å². The number of carbonyl (C=O) groups excluding carboxylic acids is 2. The predicted octanol–water partition coefficient (Wildman–Crippen LogP) is 2.42. The summed E-state index contributed by atoms with van der Waals surface area (Å²) < 4.78 is 4.76. The van der Waals surface area contributed by atoms with Crippen LogP contribution in [0.1, 0.15) is 38.3 Å². The van der Waals surface area contributed by atoms with Gasteiger partial charge in [0.1, 0.15) is 6.04 Å². The van der Waals surface area contributed by atoms with Crippen molar-refractivity contribution in [3.63, 3.8) is 0 Å². The van der Waals surface area contributed by atoms with Crippen LogP contribution in [-0.4, -0.2) is 61.1 Å². The Hall–Kier alpha value is -2.08. The molecule has 0 unspecified atom stereocenters. The standard InChI is InChI=1S/C19H29N3O3/c1-4-21(5-2)17(15-9-7-6-8-10-15)18(23)20-16-11-13-22(14-12-16)19(24)25-3/h6-10,16-17H,4-5,11-14H2,1-3H3,(H,20,23)/t17-/m1/s1. The van der Waals surface area contributed by atoms with Crippen LogP contribution in [0.25, 0.3) is 0 Å². The van der Waals surface area contributed by atoms with Gasteiger partial charge in [-0.05, 0) is 31.5 Å². The lowest BCUT2D eigenvalue weighted by Crippen LogP contribution is -2.49. The molecule has 1 N–H and O–H groups in total. The fourth-order valence-electron chi connectivity index (χ4n) is 3.37. The molecule has 1 aliphatic heterocycles. The molecule has 25 heavy (non-hydrogen) atoms. The van der Waals surface area contributed by atoms with Crippen LogP contribution in [0.3, 0.4) is 0 Å². The maximum atomic E-state index is 13.0. The average Bonchev–Trinajstić information content (AvgIpc) is 2.66. The van der Waals surface area contributed by atoms with Crippen LogP contribution in [0.4, 0.5) is 4.79 Å². The third-order valence-electron chi connectivity index (χ3n) is 4.82. The highest BCUT2D eigenvalue weighted by Crippen LogP contribution is 2.22. The van der Waals surface area contributed by atoms with E-state index in [1.165, 1.54) is 7.11 Å². The summed E-state index contributed by atoms with van der Waals surface area (Å²) in [5, 5.41) is 3.18. The molecule has 6 heteroatoms. The first-order valence-corrected chi connectivity index (χ1v) is 9.02. The molecule has 0 spiro atoms. The molecule has 0 aliphatic carbocycles. The average molecular weight is 347 g/mol. The van der Waals surface area contributed by atoms with Crippen molar-refractivity contribution in [1.29, 1.82) is 0 Å². The van der Waals surface area contributed by atoms with Crippen LogP contribution >= 0.6 is 0 Å². The van der Waals surface area contributed by atoms with E-state index >= 15 is 0 Å². The number of amides is 2. The second kappa shape index (κ2) is 9.42. The molecule has 2 rings (SSSR count). The smallest absolute Gasteiger partial charge is 0.409 e. The Balaban J connectivity index is 2.02. The zero-order valence-electron chi connectivity index (χ0n) is 15.4. The summed E-state index contributed by atoms with van der Waals surface area (Å²) in [4.78, 5) is 28.4. The van der Waals surface area contributed by atoms with Gasteiger partial charge in [0.15, 0.2) is 0 Å². The Kier molecular flexibility index (Phi) is 7.25. The van der Waals surface area contributed by atoms with Crippen LogP contribution in [0.5, 0.6) is 0 Å². The van der Waals surface area contributed by atoms with Gasteiger partial charge in [-0.2, -0.15) is 0 Å². The molecule has 1 aliphatic rings. The van der Waals surface area contributed by atoms with E-state index in [2.05, 4.69) is 24.1 Å². The van der Waals surface area contributed by atoms with Crippen molar-refractivity contribution in [2.24, 2.45) is 0 Å². The summed E-state index contributed by atoms with van der Waals surface area (Å²) in [6.45, 7) is 6.98. The van der Waals surface area contributed by atoms with Gasteiger partial charge in [-0.3, -0.25) is 9.69 Å². The molecule has 1 heterocycles. The molecule has 1 fully saturated rings. The van der Waals surface area contributed by atoms with Gasteiger partial charge in [0, 0.05) is 19.1 Å². The number of likely N-dealkylation sites (tertiary alicyclic amines) is 1. The van der Waals surface area contributed by atoms with Gasteiger partial charge in [0.05, 0.1) is 7.11 Å². The maximum absolute atomic E-state index is 13.0. The van der Waals surface area contributed by atoms with Gasteiger partial charge in [-0.25, -0.2) is 4.79 Å². The molecule has 0 bridgehead atoms. The number of likely N-dealkylation sites (N-methyl/N-ethyl adjacent to an activating group) is 1. The first-order valence-electron chi connectivity index (χ1n) is 9.02. The molecule has 1 saturated heterocycles. The first kappa shape index (κ1) is 19.2. The minimum atomic E-state index is -0.296. The van der Waals surface area contributed by atoms with E-state index in [0.717, 1.165) is 31.5 Å². The van der Waals surface area contributed by atoms with E-state index in [-0.39, 0.29) is 24.1 Å². The molecule has 138 valence electrons. The Labute approximate surface area is 150 Å². The van der Waals surface area contributed by atoms with Gasteiger partial charge in [-0.1, -0.05) is 44.2 Å². The number of rotatable bonds is 6. The van der Waals surface area contributed by atoms with E-state index in [0.29, 0.717) is 13.1 Å². The van der Waals surface area contributed by atoms with Crippen LogP contribution < -0.4 is 5.32 Å². The third-order valence-corrected chi connectivity index (χ3v) is 4.82. The lowest BCUT2D eigenvalue weighted by Gasteiger charge is -2.34. The minimum absolute atomic E-state index is 0.0337. The van der Waals surface area contributed by atoms with Crippen molar-refractivity contribution >= 4 is 12.0 Å². The molecule has 2 amide bonds. The van der Waals surface area contributed by atoms with Crippen molar-refractivity contribution in [3.8, 4) is 0 Å². The third kappa shape index (κ3) is 4.95. The van der Waals surface area contributed by atoms with Crippen LogP contribution in [0.15, 0.2) is 30.3 Å². The molecule has 0 radical (unpaired) electrons. The zero-order chi connectivity index (χ0) is 18.2. The summed E-state index contributed by atoms with van der Waals surface area (Å²) in [5.41, 5.74) is 1.01. The van der Waals surface area contributed by atoms with Crippen molar-refractivity contribution in [3.05, 3.63) is 35.9 Å². The molecular weight excluding hydrogens is 318 g/mol. The Morgan fingerprint density at radius 1 is 1.20 bits per heavy atom. The summed E-state index contributed by atoms with van der Waals surface area (Å²) in [7, 11) is 1.39. The molecule has 1 atom stereocenters. The van der Waals surface area contributed by atoms with E-state index in [1.54, 1.807) is 4.90 Å². The monoisotopic (exact) mass is 347 g/mol. The number of nitrogens with one attached hydrogen (secondary N) is 1. The summed E-state index contributed by atoms with van der Waals surface area (Å²) >= 11 is 0. The second-order valence-electron chi connectivity index (χ2n) is 6.27. The molecular formula is C19H29N3O3. The van der Waals surface area contributed by atoms with Crippen LogP contribution in [0.2, 0.25) is 0 Å². The van der Waals surface area contributed by atoms with Gasteiger partial charge >= 0.3 is 6.09 Å². The number of methoxy groups -OCH3 is 1. The minimum Gasteiger partial charge on any atom is -0.453 e. The molecule has 6 nitrogen and oxygen atoms in total. The topological polar surface area (TPSA) is 61.9 Å². The van der Waals surface area contributed by atoms with Gasteiger partial charge in [0.25, 0.3) is 0 Å². The van der Waals surface area contributed by atoms with Crippen molar-refractivity contribution in [2.75, 3.05) is 33.3 Å². The Morgan fingerprint density at radius 3 is 2.32 bits per heavy atom. The molecule has 1 aromatic rings. The largest absolute Gasteiger partial charge is 0.453 e. The number of hydrogen-bond donors (Lipinski definition) is 1. The van der Waals surface area contributed by atoms with Gasteiger partial charge in [-0.15, -0.1) is 0 Å². The van der Waals surface area contributed by atoms with E-state index in [4.69, 9.17) is 4.74 Å².